The predicted molar refractivity (Wildman–Crippen MR) is 74.5 cm³/mol. The number of nitrogens with one attached hydrogen (secondary N) is 1. The van der Waals surface area contributed by atoms with E-state index < -0.39 is 23.1 Å². The average molecular weight is 298 g/mol. The summed E-state index contributed by atoms with van der Waals surface area (Å²) in [7, 11) is 0. The van der Waals surface area contributed by atoms with Gasteiger partial charge < -0.3 is 15.8 Å². The van der Waals surface area contributed by atoms with E-state index in [9.17, 15) is 13.6 Å². The van der Waals surface area contributed by atoms with Crippen molar-refractivity contribution < 1.29 is 18.3 Å². The lowest BCUT2D eigenvalue weighted by Gasteiger charge is -2.35. The largest absolute Gasteiger partial charge is 0.381 e. The number of amides is 1. The Labute approximate surface area is 122 Å². The summed E-state index contributed by atoms with van der Waals surface area (Å²) in [6.07, 6.45) is 1.14. The Balaban J connectivity index is 2.08. The van der Waals surface area contributed by atoms with Crippen molar-refractivity contribution in [2.45, 2.75) is 25.8 Å². The molecular weight excluding hydrogens is 278 g/mol. The van der Waals surface area contributed by atoms with Crippen LogP contribution in [-0.4, -0.2) is 25.7 Å². The van der Waals surface area contributed by atoms with Crippen LogP contribution in [0.2, 0.25) is 0 Å². The topological polar surface area (TPSA) is 64.4 Å². The molecule has 1 atom stereocenters. The van der Waals surface area contributed by atoms with E-state index in [0.717, 1.165) is 12.1 Å². The first-order valence-electron chi connectivity index (χ1n) is 7.02. The third kappa shape index (κ3) is 3.39. The van der Waals surface area contributed by atoms with Crippen molar-refractivity contribution >= 4 is 5.91 Å². The predicted octanol–water partition coefficient (Wildman–Crippen LogP) is 1.90. The highest BCUT2D eigenvalue weighted by Gasteiger charge is 2.39. The first-order chi connectivity index (χ1) is 9.98. The fourth-order valence-corrected chi connectivity index (χ4v) is 2.50. The van der Waals surface area contributed by atoms with Gasteiger partial charge >= 0.3 is 0 Å². The quantitative estimate of drug-likeness (QED) is 0.892. The van der Waals surface area contributed by atoms with Gasteiger partial charge in [0.25, 0.3) is 0 Å². The van der Waals surface area contributed by atoms with Crippen molar-refractivity contribution in [3.8, 4) is 0 Å². The molecule has 0 aromatic heterocycles. The van der Waals surface area contributed by atoms with Gasteiger partial charge in [-0.1, -0.05) is 6.07 Å². The van der Waals surface area contributed by atoms with Crippen molar-refractivity contribution in [2.75, 3.05) is 19.8 Å². The second-order valence-electron chi connectivity index (χ2n) is 5.47. The molecule has 1 heterocycles. The molecule has 1 aliphatic heterocycles. The molecule has 21 heavy (non-hydrogen) atoms. The standard InChI is InChI=1S/C15H20F2N2O2/c1-10(11-2-3-12(16)13(17)8-11)19-14(20)15(9-18)4-6-21-7-5-15/h2-3,8,10H,4-7,9,18H2,1H3,(H,19,20). The molecule has 1 aliphatic rings. The molecule has 6 heteroatoms. The Morgan fingerprint density at radius 3 is 2.62 bits per heavy atom. The van der Waals surface area contributed by atoms with Crippen molar-refractivity contribution in [3.05, 3.63) is 35.4 Å². The molecule has 2 rings (SSSR count). The molecule has 0 aliphatic carbocycles. The maximum Gasteiger partial charge on any atom is 0.228 e. The van der Waals surface area contributed by atoms with E-state index in [-0.39, 0.29) is 12.5 Å². The zero-order valence-electron chi connectivity index (χ0n) is 12.0. The molecule has 0 saturated carbocycles. The maximum absolute atomic E-state index is 13.2. The van der Waals surface area contributed by atoms with Crippen LogP contribution in [0.1, 0.15) is 31.4 Å². The van der Waals surface area contributed by atoms with E-state index >= 15 is 0 Å². The van der Waals surface area contributed by atoms with Gasteiger partial charge in [0.05, 0.1) is 11.5 Å². The summed E-state index contributed by atoms with van der Waals surface area (Å²) < 4.78 is 31.5. The molecule has 0 spiro atoms. The molecular formula is C15H20F2N2O2. The highest BCUT2D eigenvalue weighted by molar-refractivity contribution is 5.83. The Kier molecular flexibility index (Phi) is 4.90. The molecule has 1 saturated heterocycles. The Bertz CT molecular complexity index is 516. The van der Waals surface area contributed by atoms with Crippen LogP contribution in [0, 0.1) is 17.0 Å². The zero-order valence-corrected chi connectivity index (χ0v) is 12.0. The summed E-state index contributed by atoms with van der Waals surface area (Å²) in [6, 6.07) is 3.20. The minimum absolute atomic E-state index is 0.162. The fraction of sp³-hybridized carbons (Fsp3) is 0.533. The molecule has 1 unspecified atom stereocenters. The van der Waals surface area contributed by atoms with Crippen LogP contribution >= 0.6 is 0 Å². The van der Waals surface area contributed by atoms with Gasteiger partial charge in [0, 0.05) is 19.8 Å². The highest BCUT2D eigenvalue weighted by Crippen LogP contribution is 2.30. The number of benzene rings is 1. The van der Waals surface area contributed by atoms with Crippen LogP contribution in [-0.2, 0) is 9.53 Å². The third-order valence-corrected chi connectivity index (χ3v) is 4.11. The summed E-state index contributed by atoms with van der Waals surface area (Å²) in [5, 5.41) is 2.84. The molecule has 3 N–H and O–H groups in total. The van der Waals surface area contributed by atoms with Gasteiger partial charge in [-0.3, -0.25) is 4.79 Å². The van der Waals surface area contributed by atoms with Gasteiger partial charge in [0.1, 0.15) is 0 Å². The summed E-state index contributed by atoms with van der Waals surface area (Å²) in [5.41, 5.74) is 5.65. The second-order valence-corrected chi connectivity index (χ2v) is 5.47. The van der Waals surface area contributed by atoms with Gasteiger partial charge in [0.2, 0.25) is 5.91 Å². The van der Waals surface area contributed by atoms with Crippen molar-refractivity contribution in [1.29, 1.82) is 0 Å². The maximum atomic E-state index is 13.2. The van der Waals surface area contributed by atoms with Crippen LogP contribution in [0.5, 0.6) is 0 Å². The van der Waals surface area contributed by atoms with E-state index in [0.29, 0.717) is 31.6 Å². The van der Waals surface area contributed by atoms with Crippen LogP contribution in [0.15, 0.2) is 18.2 Å². The number of carbonyl (C=O) groups excluding carboxylic acids is 1. The third-order valence-electron chi connectivity index (χ3n) is 4.11. The normalized spacial score (nSPS) is 19.0. The first-order valence-corrected chi connectivity index (χ1v) is 7.02. The lowest BCUT2D eigenvalue weighted by molar-refractivity contribution is -0.136. The van der Waals surface area contributed by atoms with Crippen LogP contribution in [0.4, 0.5) is 8.78 Å². The zero-order chi connectivity index (χ0) is 15.5. The molecule has 0 radical (unpaired) electrons. The first kappa shape index (κ1) is 15.9. The molecule has 116 valence electrons. The average Bonchev–Trinajstić information content (AvgIpc) is 2.50. The number of rotatable bonds is 4. The summed E-state index contributed by atoms with van der Waals surface area (Å²) in [6.45, 7) is 2.98. The smallest absolute Gasteiger partial charge is 0.228 e. The van der Waals surface area contributed by atoms with Crippen molar-refractivity contribution in [3.63, 3.8) is 0 Å². The number of ether oxygens (including phenoxy) is 1. The van der Waals surface area contributed by atoms with Crippen LogP contribution < -0.4 is 11.1 Å². The van der Waals surface area contributed by atoms with Crippen LogP contribution in [0.3, 0.4) is 0 Å². The van der Waals surface area contributed by atoms with Gasteiger partial charge in [-0.25, -0.2) is 8.78 Å². The van der Waals surface area contributed by atoms with E-state index in [1.54, 1.807) is 6.92 Å². The summed E-state index contributed by atoms with van der Waals surface area (Å²) in [4.78, 5) is 12.5. The van der Waals surface area contributed by atoms with E-state index in [1.807, 2.05) is 0 Å². The highest BCUT2D eigenvalue weighted by atomic mass is 19.2. The second kappa shape index (κ2) is 6.49. The van der Waals surface area contributed by atoms with Gasteiger partial charge in [0.15, 0.2) is 11.6 Å². The number of nitrogens with two attached hydrogens (primary N) is 1. The number of hydrogen-bond acceptors (Lipinski definition) is 3. The Morgan fingerprint density at radius 2 is 2.05 bits per heavy atom. The van der Waals surface area contributed by atoms with Gasteiger partial charge in [-0.15, -0.1) is 0 Å². The Hall–Kier alpha value is -1.53. The lowest BCUT2D eigenvalue weighted by atomic mass is 9.79. The number of halogens is 2. The lowest BCUT2D eigenvalue weighted by Crippen LogP contribution is -2.49. The van der Waals surface area contributed by atoms with Gasteiger partial charge in [-0.2, -0.15) is 0 Å². The molecule has 1 aromatic carbocycles. The minimum atomic E-state index is -0.923. The van der Waals surface area contributed by atoms with E-state index in [2.05, 4.69) is 5.32 Å². The molecule has 1 fully saturated rings. The van der Waals surface area contributed by atoms with Crippen molar-refractivity contribution in [2.24, 2.45) is 11.1 Å². The summed E-state index contributed by atoms with van der Waals surface area (Å²) >= 11 is 0. The number of hydrogen-bond donors (Lipinski definition) is 2. The van der Waals surface area contributed by atoms with Crippen molar-refractivity contribution in [1.82, 2.24) is 5.32 Å². The SMILES string of the molecule is CC(NC(=O)C1(CN)CCOCC1)c1ccc(F)c(F)c1. The minimum Gasteiger partial charge on any atom is -0.381 e. The molecule has 4 nitrogen and oxygen atoms in total. The summed E-state index contributed by atoms with van der Waals surface area (Å²) in [5.74, 6) is -1.99. The van der Waals surface area contributed by atoms with Crippen LogP contribution in [0.25, 0.3) is 0 Å². The molecule has 1 amide bonds. The Morgan fingerprint density at radius 1 is 1.38 bits per heavy atom. The molecule has 0 bridgehead atoms. The molecule has 1 aromatic rings. The number of carbonyl (C=O) groups is 1. The monoisotopic (exact) mass is 298 g/mol. The fourth-order valence-electron chi connectivity index (χ4n) is 2.50. The van der Waals surface area contributed by atoms with E-state index in [4.69, 9.17) is 10.5 Å². The van der Waals surface area contributed by atoms with Gasteiger partial charge in [-0.05, 0) is 37.5 Å². The van der Waals surface area contributed by atoms with E-state index in [1.165, 1.54) is 6.07 Å².